The molecule has 12 nitrogen and oxygen atoms in total. The van der Waals surface area contributed by atoms with Gasteiger partial charge in [0.05, 0.1) is 0 Å². The van der Waals surface area contributed by atoms with Crippen molar-refractivity contribution < 1.29 is 14.4 Å². The quantitative estimate of drug-likeness (QED) is 0.498. The van der Waals surface area contributed by atoms with Gasteiger partial charge in [0.25, 0.3) is 5.91 Å². The molecule has 3 aliphatic heterocycles. The van der Waals surface area contributed by atoms with Gasteiger partial charge in [0, 0.05) is 57.9 Å². The summed E-state index contributed by atoms with van der Waals surface area (Å²) in [6, 6.07) is 8.00. The van der Waals surface area contributed by atoms with Crippen LogP contribution in [0, 0.1) is 0 Å². The maximum Gasteiger partial charge on any atom is 0.317 e. The molecule has 4 N–H and O–H groups in total. The second kappa shape index (κ2) is 12.5. The van der Waals surface area contributed by atoms with Crippen LogP contribution >= 0.6 is 0 Å². The molecule has 40 heavy (non-hydrogen) atoms. The van der Waals surface area contributed by atoms with Crippen molar-refractivity contribution in [2.45, 2.75) is 63.8 Å². The van der Waals surface area contributed by atoms with Gasteiger partial charge in [-0.2, -0.15) is 4.98 Å². The minimum absolute atomic E-state index is 0.00937. The molecule has 0 bridgehead atoms. The number of nitrogens with two attached hydrogens (primary N) is 1. The van der Waals surface area contributed by atoms with Gasteiger partial charge in [-0.1, -0.05) is 12.1 Å². The Kier molecular flexibility index (Phi) is 8.61. The van der Waals surface area contributed by atoms with Crippen molar-refractivity contribution in [3.63, 3.8) is 0 Å². The number of piperidine rings is 3. The molecule has 1 aromatic heterocycles. The number of benzene rings is 1. The van der Waals surface area contributed by atoms with Crippen LogP contribution < -0.4 is 21.3 Å². The van der Waals surface area contributed by atoms with Crippen LogP contribution in [-0.4, -0.2) is 88.1 Å². The summed E-state index contributed by atoms with van der Waals surface area (Å²) in [7, 11) is 0. The van der Waals surface area contributed by atoms with Gasteiger partial charge in [0.2, 0.25) is 11.9 Å². The summed E-state index contributed by atoms with van der Waals surface area (Å²) in [5.41, 5.74) is 7.53. The van der Waals surface area contributed by atoms with E-state index in [0.717, 1.165) is 76.9 Å². The smallest absolute Gasteiger partial charge is 0.317 e. The zero-order chi connectivity index (χ0) is 28.1. The van der Waals surface area contributed by atoms with Crippen LogP contribution in [0.4, 0.5) is 22.2 Å². The van der Waals surface area contributed by atoms with Crippen LogP contribution in [0.2, 0.25) is 0 Å². The largest absolute Gasteiger partial charge is 0.364 e. The maximum atomic E-state index is 12.7. The first-order chi connectivity index (χ1) is 19.4. The lowest BCUT2D eigenvalue weighted by Crippen LogP contribution is -2.52. The molecule has 3 fully saturated rings. The van der Waals surface area contributed by atoms with E-state index in [1.54, 1.807) is 6.92 Å². The average molecular weight is 550 g/mol. The molecule has 0 spiro atoms. The van der Waals surface area contributed by atoms with Crippen LogP contribution in [0.5, 0.6) is 0 Å². The molecule has 0 unspecified atom stereocenters. The fraction of sp³-hybridized carbons (Fsp3) is 0.571. The molecule has 12 heteroatoms. The highest BCUT2D eigenvalue weighted by Gasteiger charge is 2.27. The summed E-state index contributed by atoms with van der Waals surface area (Å²) in [5, 5.41) is 14.7. The summed E-state index contributed by atoms with van der Waals surface area (Å²) in [4.78, 5) is 46.9. The summed E-state index contributed by atoms with van der Waals surface area (Å²) >= 11 is 0. The molecule has 4 amide bonds. The number of carbonyl (C=O) groups is 3. The fourth-order valence-electron chi connectivity index (χ4n) is 5.85. The highest BCUT2D eigenvalue weighted by Crippen LogP contribution is 2.30. The van der Waals surface area contributed by atoms with Gasteiger partial charge >= 0.3 is 6.03 Å². The Hall–Kier alpha value is -3.96. The average Bonchev–Trinajstić information content (AvgIpc) is 2.98. The maximum absolute atomic E-state index is 12.7. The molecule has 2 aromatic rings. The molecule has 5 rings (SSSR count). The van der Waals surface area contributed by atoms with Gasteiger partial charge in [-0.05, 0) is 68.6 Å². The van der Waals surface area contributed by atoms with Crippen molar-refractivity contribution in [3.8, 4) is 0 Å². The summed E-state index contributed by atoms with van der Waals surface area (Å²) in [6.45, 7) is 6.07. The number of hydrogen-bond acceptors (Lipinski definition) is 8. The number of hydrogen-bond donors (Lipinski definition) is 3. The number of amides is 4. The number of nitrogens with one attached hydrogen (secondary N) is 2. The molecule has 0 radical (unpaired) electrons. The number of carbonyl (C=O) groups excluding carboxylic acids is 3. The zero-order valence-electron chi connectivity index (χ0n) is 23.1. The van der Waals surface area contributed by atoms with Crippen molar-refractivity contribution >= 4 is 35.3 Å². The van der Waals surface area contributed by atoms with E-state index in [0.29, 0.717) is 18.4 Å². The van der Waals surface area contributed by atoms with Crippen LogP contribution in [0.25, 0.3) is 0 Å². The molecular weight excluding hydrogens is 510 g/mol. The normalized spacial score (nSPS) is 20.2. The van der Waals surface area contributed by atoms with E-state index in [2.05, 4.69) is 37.9 Å². The topological polar surface area (TPSA) is 150 Å². The Morgan fingerprint density at radius 2 is 1.60 bits per heavy atom. The number of primary amides is 1. The number of nitrogens with zero attached hydrogens (tertiary/aromatic N) is 6. The Morgan fingerprint density at radius 3 is 2.27 bits per heavy atom. The molecule has 0 saturated carbocycles. The SMILES string of the molecule is CC(=O)N1CCC(c2ccc(Nc3nc(N4CCC[C@@H](NC(=O)N5CCCCC5)C4)nnc3C(N)=O)cc2)CC1. The van der Waals surface area contributed by atoms with Crippen LogP contribution in [0.15, 0.2) is 24.3 Å². The van der Waals surface area contributed by atoms with E-state index in [1.807, 2.05) is 26.8 Å². The highest BCUT2D eigenvalue weighted by atomic mass is 16.2. The minimum atomic E-state index is -0.715. The summed E-state index contributed by atoms with van der Waals surface area (Å²) in [6.07, 6.45) is 6.91. The van der Waals surface area contributed by atoms with Crippen molar-refractivity contribution in [2.24, 2.45) is 5.73 Å². The van der Waals surface area contributed by atoms with Gasteiger partial charge in [0.15, 0.2) is 11.5 Å². The van der Waals surface area contributed by atoms with Crippen LogP contribution in [0.3, 0.4) is 0 Å². The van der Waals surface area contributed by atoms with Crippen LogP contribution in [-0.2, 0) is 4.79 Å². The number of urea groups is 1. The zero-order valence-corrected chi connectivity index (χ0v) is 23.1. The lowest BCUT2D eigenvalue weighted by Gasteiger charge is -2.35. The predicted molar refractivity (Wildman–Crippen MR) is 151 cm³/mol. The highest BCUT2D eigenvalue weighted by molar-refractivity contribution is 5.96. The molecule has 3 saturated heterocycles. The lowest BCUT2D eigenvalue weighted by molar-refractivity contribution is -0.129. The first-order valence-electron chi connectivity index (χ1n) is 14.3. The van der Waals surface area contributed by atoms with E-state index in [9.17, 15) is 14.4 Å². The molecule has 1 aromatic carbocycles. The number of aromatic nitrogens is 3. The number of likely N-dealkylation sites (tertiary alicyclic amines) is 2. The van der Waals surface area contributed by atoms with Crippen LogP contribution in [0.1, 0.15) is 73.8 Å². The van der Waals surface area contributed by atoms with E-state index in [-0.39, 0.29) is 29.5 Å². The van der Waals surface area contributed by atoms with Gasteiger partial charge in [-0.25, -0.2) is 4.79 Å². The predicted octanol–water partition coefficient (Wildman–Crippen LogP) is 2.60. The van der Waals surface area contributed by atoms with Gasteiger partial charge in [-0.3, -0.25) is 9.59 Å². The van der Waals surface area contributed by atoms with E-state index in [4.69, 9.17) is 5.73 Å². The Labute approximate surface area is 234 Å². The molecule has 4 heterocycles. The summed E-state index contributed by atoms with van der Waals surface area (Å²) in [5.74, 6) is 0.454. The van der Waals surface area contributed by atoms with E-state index < -0.39 is 5.91 Å². The third-order valence-corrected chi connectivity index (χ3v) is 8.17. The Balaban J connectivity index is 1.24. The standard InChI is InChI=1S/C28H39N9O3/c1-19(38)35-16-11-21(12-17-35)20-7-9-22(10-8-20)30-26-24(25(29)39)33-34-27(32-26)37-15-5-6-23(18-37)31-28(40)36-13-3-2-4-14-36/h7-10,21,23H,2-6,11-18H2,1H3,(H2,29,39)(H,31,40)(H,30,32,34)/t23-/m1/s1. The molecule has 3 aliphatic rings. The second-order valence-electron chi connectivity index (χ2n) is 11.0. The third kappa shape index (κ3) is 6.60. The first-order valence-corrected chi connectivity index (χ1v) is 14.3. The Morgan fingerprint density at radius 1 is 0.875 bits per heavy atom. The molecule has 1 atom stereocenters. The van der Waals surface area contributed by atoms with Crippen molar-refractivity contribution in [1.29, 1.82) is 0 Å². The monoisotopic (exact) mass is 549 g/mol. The first kappa shape index (κ1) is 27.6. The third-order valence-electron chi connectivity index (χ3n) is 8.17. The number of rotatable bonds is 6. The van der Waals surface area contributed by atoms with E-state index >= 15 is 0 Å². The van der Waals surface area contributed by atoms with Gasteiger partial charge < -0.3 is 31.1 Å². The molecule has 0 aliphatic carbocycles. The summed E-state index contributed by atoms with van der Waals surface area (Å²) < 4.78 is 0. The minimum Gasteiger partial charge on any atom is -0.364 e. The number of anilines is 3. The lowest BCUT2D eigenvalue weighted by atomic mass is 9.89. The van der Waals surface area contributed by atoms with E-state index in [1.165, 1.54) is 12.0 Å². The van der Waals surface area contributed by atoms with Crippen molar-refractivity contribution in [2.75, 3.05) is 49.5 Å². The van der Waals surface area contributed by atoms with Gasteiger partial charge in [0.1, 0.15) is 0 Å². The second-order valence-corrected chi connectivity index (χ2v) is 11.0. The fourth-order valence-corrected chi connectivity index (χ4v) is 5.85. The Bertz CT molecular complexity index is 1210. The van der Waals surface area contributed by atoms with Crippen molar-refractivity contribution in [1.82, 2.24) is 30.3 Å². The van der Waals surface area contributed by atoms with Crippen molar-refractivity contribution in [3.05, 3.63) is 35.5 Å². The molecular formula is C28H39N9O3. The van der Waals surface area contributed by atoms with Gasteiger partial charge in [-0.15, -0.1) is 10.2 Å². The molecule has 214 valence electrons.